The van der Waals surface area contributed by atoms with Crippen molar-refractivity contribution in [2.45, 2.75) is 25.7 Å². The largest absolute Gasteiger partial charge is 0.492 e. The summed E-state index contributed by atoms with van der Waals surface area (Å²) in [5, 5.41) is 2.87. The monoisotopic (exact) mass is 295 g/mol. The van der Waals surface area contributed by atoms with Crippen molar-refractivity contribution in [3.63, 3.8) is 0 Å². The molecule has 0 saturated heterocycles. The number of benzene rings is 2. The van der Waals surface area contributed by atoms with Crippen LogP contribution in [0.4, 0.5) is 0 Å². The van der Waals surface area contributed by atoms with Crippen molar-refractivity contribution in [1.29, 1.82) is 0 Å². The molecule has 114 valence electrons. The lowest BCUT2D eigenvalue weighted by Crippen LogP contribution is -2.28. The average molecular weight is 295 g/mol. The summed E-state index contributed by atoms with van der Waals surface area (Å²) >= 11 is 0. The van der Waals surface area contributed by atoms with Crippen LogP contribution in [0.3, 0.4) is 0 Å². The Morgan fingerprint density at radius 2 is 1.77 bits per heavy atom. The number of carbonyl (C=O) groups excluding carboxylic acids is 1. The lowest BCUT2D eigenvalue weighted by atomic mass is 9.92. The minimum atomic E-state index is -0.0605. The van der Waals surface area contributed by atoms with Crippen LogP contribution in [0.1, 0.15) is 34.3 Å². The van der Waals surface area contributed by atoms with Gasteiger partial charge in [-0.05, 0) is 61.1 Å². The molecular weight excluding hydrogens is 274 g/mol. The van der Waals surface area contributed by atoms with Gasteiger partial charge in [-0.15, -0.1) is 0 Å². The lowest BCUT2D eigenvalue weighted by Gasteiger charge is -2.16. The van der Waals surface area contributed by atoms with Crippen molar-refractivity contribution in [3.05, 3.63) is 65.2 Å². The van der Waals surface area contributed by atoms with Crippen LogP contribution in [0, 0.1) is 0 Å². The number of nitrogens with one attached hydrogen (secondary N) is 1. The second-order valence-electron chi connectivity index (χ2n) is 5.61. The number of hydrogen-bond acceptors (Lipinski definition) is 2. The molecule has 0 unspecified atom stereocenters. The fourth-order valence-corrected chi connectivity index (χ4v) is 2.82. The van der Waals surface area contributed by atoms with Gasteiger partial charge in [-0.3, -0.25) is 4.79 Å². The van der Waals surface area contributed by atoms with Gasteiger partial charge in [0.1, 0.15) is 12.4 Å². The van der Waals surface area contributed by atoms with E-state index in [9.17, 15) is 4.79 Å². The predicted molar refractivity (Wildman–Crippen MR) is 87.4 cm³/mol. The lowest BCUT2D eigenvalue weighted by molar-refractivity contribution is 0.0947. The summed E-state index contributed by atoms with van der Waals surface area (Å²) in [6, 6.07) is 15.6. The maximum absolute atomic E-state index is 11.9. The third kappa shape index (κ3) is 3.67. The van der Waals surface area contributed by atoms with Crippen LogP contribution in [-0.2, 0) is 12.8 Å². The average Bonchev–Trinajstić information content (AvgIpc) is 2.59. The summed E-state index contributed by atoms with van der Waals surface area (Å²) in [5.74, 6) is 0.837. The minimum absolute atomic E-state index is 0.0605. The van der Waals surface area contributed by atoms with E-state index in [0.717, 1.165) is 12.2 Å². The fraction of sp³-hybridized carbons (Fsp3) is 0.316. The molecule has 2 aromatic rings. The summed E-state index contributed by atoms with van der Waals surface area (Å²) < 4.78 is 5.74. The molecule has 0 bridgehead atoms. The fourth-order valence-electron chi connectivity index (χ4n) is 2.82. The molecule has 0 fully saturated rings. The van der Waals surface area contributed by atoms with Gasteiger partial charge in [0.25, 0.3) is 5.91 Å². The molecule has 1 N–H and O–H groups in total. The quantitative estimate of drug-likeness (QED) is 0.859. The van der Waals surface area contributed by atoms with Crippen LogP contribution in [-0.4, -0.2) is 19.1 Å². The van der Waals surface area contributed by atoms with E-state index in [1.807, 2.05) is 24.3 Å². The van der Waals surface area contributed by atoms with Crippen molar-refractivity contribution >= 4 is 5.91 Å². The minimum Gasteiger partial charge on any atom is -0.492 e. The number of hydrogen-bond donors (Lipinski definition) is 1. The van der Waals surface area contributed by atoms with Gasteiger partial charge in [0.2, 0.25) is 0 Å². The van der Waals surface area contributed by atoms with Gasteiger partial charge in [0.15, 0.2) is 0 Å². The smallest absolute Gasteiger partial charge is 0.251 e. The Kier molecular flexibility index (Phi) is 4.74. The van der Waals surface area contributed by atoms with Crippen molar-refractivity contribution in [2.24, 2.45) is 0 Å². The Bertz CT molecular complexity index is 637. The van der Waals surface area contributed by atoms with Gasteiger partial charge in [-0.25, -0.2) is 0 Å². The second-order valence-corrected chi connectivity index (χ2v) is 5.61. The van der Waals surface area contributed by atoms with Crippen molar-refractivity contribution in [1.82, 2.24) is 5.32 Å². The highest BCUT2D eigenvalue weighted by atomic mass is 16.5. The molecule has 3 heteroatoms. The van der Waals surface area contributed by atoms with Crippen LogP contribution < -0.4 is 10.1 Å². The number of amides is 1. The van der Waals surface area contributed by atoms with E-state index in [1.165, 1.54) is 30.4 Å². The molecule has 1 aliphatic rings. The Morgan fingerprint density at radius 1 is 1.00 bits per heavy atom. The molecule has 0 saturated carbocycles. The third-order valence-corrected chi connectivity index (χ3v) is 4.01. The molecule has 0 aromatic heterocycles. The maximum atomic E-state index is 11.9. The molecule has 22 heavy (non-hydrogen) atoms. The molecule has 3 rings (SSSR count). The summed E-state index contributed by atoms with van der Waals surface area (Å²) in [6.07, 6.45) is 4.89. The van der Waals surface area contributed by atoms with Gasteiger partial charge in [-0.2, -0.15) is 0 Å². The Labute approximate surface area is 131 Å². The summed E-state index contributed by atoms with van der Waals surface area (Å²) in [5.41, 5.74) is 3.55. The summed E-state index contributed by atoms with van der Waals surface area (Å²) in [7, 11) is 0. The maximum Gasteiger partial charge on any atom is 0.251 e. The topological polar surface area (TPSA) is 38.3 Å². The molecule has 2 aromatic carbocycles. The molecule has 3 nitrogen and oxygen atoms in total. The van der Waals surface area contributed by atoms with E-state index < -0.39 is 0 Å². The Hall–Kier alpha value is -2.29. The second kappa shape index (κ2) is 7.12. The zero-order chi connectivity index (χ0) is 15.2. The van der Waals surface area contributed by atoms with Crippen LogP contribution in [0.25, 0.3) is 0 Å². The molecule has 1 aliphatic carbocycles. The van der Waals surface area contributed by atoms with Crippen LogP contribution in [0.5, 0.6) is 5.75 Å². The SMILES string of the molecule is O=C(NCCOc1ccc2c(c1)CCCC2)c1ccccc1. The van der Waals surface area contributed by atoms with Crippen LogP contribution in [0.2, 0.25) is 0 Å². The van der Waals surface area contributed by atoms with E-state index in [-0.39, 0.29) is 5.91 Å². The standard InChI is InChI=1S/C19H21NO2/c21-19(16-7-2-1-3-8-16)20-12-13-22-18-11-10-15-6-4-5-9-17(15)14-18/h1-3,7-8,10-11,14H,4-6,9,12-13H2,(H,20,21). The van der Waals surface area contributed by atoms with Crippen molar-refractivity contribution in [3.8, 4) is 5.75 Å². The zero-order valence-electron chi connectivity index (χ0n) is 12.7. The van der Waals surface area contributed by atoms with E-state index in [0.29, 0.717) is 18.7 Å². The first-order chi connectivity index (χ1) is 10.8. The first kappa shape index (κ1) is 14.6. The Morgan fingerprint density at radius 3 is 2.59 bits per heavy atom. The normalized spacial score (nSPS) is 13.3. The highest BCUT2D eigenvalue weighted by Gasteiger charge is 2.10. The van der Waals surface area contributed by atoms with E-state index in [1.54, 1.807) is 12.1 Å². The number of fused-ring (bicyclic) bond motifs is 1. The first-order valence-electron chi connectivity index (χ1n) is 7.91. The molecule has 0 atom stereocenters. The molecule has 0 spiro atoms. The van der Waals surface area contributed by atoms with Gasteiger partial charge >= 0.3 is 0 Å². The molecule has 0 radical (unpaired) electrons. The predicted octanol–water partition coefficient (Wildman–Crippen LogP) is 3.37. The van der Waals surface area contributed by atoms with Crippen LogP contribution in [0.15, 0.2) is 48.5 Å². The Balaban J connectivity index is 1.46. The highest BCUT2D eigenvalue weighted by molar-refractivity contribution is 5.94. The summed E-state index contributed by atoms with van der Waals surface area (Å²) in [6.45, 7) is 0.988. The third-order valence-electron chi connectivity index (χ3n) is 4.01. The zero-order valence-corrected chi connectivity index (χ0v) is 12.7. The summed E-state index contributed by atoms with van der Waals surface area (Å²) in [4.78, 5) is 11.9. The van der Waals surface area contributed by atoms with Gasteiger partial charge in [-0.1, -0.05) is 24.3 Å². The molecule has 0 aliphatic heterocycles. The van der Waals surface area contributed by atoms with Gasteiger partial charge < -0.3 is 10.1 Å². The number of ether oxygens (including phenoxy) is 1. The molecule has 1 amide bonds. The van der Waals surface area contributed by atoms with E-state index >= 15 is 0 Å². The van der Waals surface area contributed by atoms with Gasteiger partial charge in [0, 0.05) is 5.56 Å². The van der Waals surface area contributed by atoms with Crippen molar-refractivity contribution in [2.75, 3.05) is 13.2 Å². The highest BCUT2D eigenvalue weighted by Crippen LogP contribution is 2.25. The van der Waals surface area contributed by atoms with E-state index in [4.69, 9.17) is 4.74 Å². The number of rotatable bonds is 5. The molecule has 0 heterocycles. The van der Waals surface area contributed by atoms with E-state index in [2.05, 4.69) is 17.4 Å². The van der Waals surface area contributed by atoms with Crippen LogP contribution >= 0.6 is 0 Å². The van der Waals surface area contributed by atoms with Gasteiger partial charge in [0.05, 0.1) is 6.54 Å². The number of aryl methyl sites for hydroxylation is 2. The first-order valence-corrected chi connectivity index (χ1v) is 7.91. The van der Waals surface area contributed by atoms with Crippen molar-refractivity contribution < 1.29 is 9.53 Å². The number of carbonyl (C=O) groups is 1. The molecular formula is C19H21NO2.